The maximum Gasteiger partial charge on any atom is 0.160 e. The predicted molar refractivity (Wildman–Crippen MR) is 213 cm³/mol. The van der Waals surface area contributed by atoms with Crippen molar-refractivity contribution in [3.63, 3.8) is 0 Å². The summed E-state index contributed by atoms with van der Waals surface area (Å²) < 4.78 is 0. The minimum atomic E-state index is 0.713. The molecule has 0 atom stereocenters. The number of hydrogen-bond acceptors (Lipinski definition) is 3. The van der Waals surface area contributed by atoms with Crippen molar-refractivity contribution >= 4 is 38.6 Å². The quantitative estimate of drug-likeness (QED) is 0.172. The summed E-state index contributed by atoms with van der Waals surface area (Å²) in [6.07, 6.45) is 0. The number of anilines is 3. The van der Waals surface area contributed by atoms with Crippen LogP contribution in [-0.2, 0) is 0 Å². The van der Waals surface area contributed by atoms with Gasteiger partial charge in [-0.1, -0.05) is 164 Å². The van der Waals surface area contributed by atoms with Crippen LogP contribution in [0.15, 0.2) is 200 Å². The monoisotopic (exact) mass is 651 g/mol. The van der Waals surface area contributed by atoms with E-state index in [4.69, 9.17) is 9.97 Å². The summed E-state index contributed by atoms with van der Waals surface area (Å²) in [4.78, 5) is 12.5. The maximum absolute atomic E-state index is 5.08. The second-order valence-electron chi connectivity index (χ2n) is 12.6. The lowest BCUT2D eigenvalue weighted by Crippen LogP contribution is -2.10. The highest BCUT2D eigenvalue weighted by Crippen LogP contribution is 2.39. The van der Waals surface area contributed by atoms with Gasteiger partial charge in [0.25, 0.3) is 0 Å². The lowest BCUT2D eigenvalue weighted by atomic mass is 9.99. The largest absolute Gasteiger partial charge is 0.310 e. The summed E-state index contributed by atoms with van der Waals surface area (Å²) in [5.41, 5.74) is 10.6. The van der Waals surface area contributed by atoms with E-state index >= 15 is 0 Å². The normalized spacial score (nSPS) is 11.1. The Morgan fingerprint density at radius 3 is 1.57 bits per heavy atom. The maximum atomic E-state index is 5.08. The van der Waals surface area contributed by atoms with Crippen molar-refractivity contribution in [1.82, 2.24) is 9.97 Å². The molecule has 0 spiro atoms. The summed E-state index contributed by atoms with van der Waals surface area (Å²) in [7, 11) is 0. The molecule has 1 heterocycles. The van der Waals surface area contributed by atoms with Gasteiger partial charge in [-0.05, 0) is 63.7 Å². The van der Waals surface area contributed by atoms with Crippen LogP contribution >= 0.6 is 0 Å². The minimum absolute atomic E-state index is 0.713. The zero-order chi connectivity index (χ0) is 34.0. The molecule has 0 N–H and O–H groups in total. The number of rotatable bonds is 7. The summed E-state index contributed by atoms with van der Waals surface area (Å²) in [5, 5.41) is 4.80. The molecule has 8 aromatic carbocycles. The summed E-state index contributed by atoms with van der Waals surface area (Å²) >= 11 is 0. The average molecular weight is 652 g/mol. The molecule has 0 bridgehead atoms. The van der Waals surface area contributed by atoms with Gasteiger partial charge in [0.1, 0.15) is 0 Å². The summed E-state index contributed by atoms with van der Waals surface area (Å²) in [6, 6.07) is 70.4. The van der Waals surface area contributed by atoms with Crippen LogP contribution in [0.4, 0.5) is 17.1 Å². The van der Waals surface area contributed by atoms with E-state index < -0.39 is 0 Å². The number of benzene rings is 8. The van der Waals surface area contributed by atoms with Crippen LogP contribution in [0.2, 0.25) is 0 Å². The molecule has 0 aliphatic rings. The van der Waals surface area contributed by atoms with Crippen molar-refractivity contribution in [1.29, 1.82) is 0 Å². The van der Waals surface area contributed by atoms with Gasteiger partial charge >= 0.3 is 0 Å². The van der Waals surface area contributed by atoms with Crippen LogP contribution in [0.1, 0.15) is 0 Å². The number of hydrogen-bond donors (Lipinski definition) is 0. The van der Waals surface area contributed by atoms with Gasteiger partial charge in [-0.15, -0.1) is 0 Å². The first-order chi connectivity index (χ1) is 25.3. The van der Waals surface area contributed by atoms with Crippen LogP contribution < -0.4 is 4.90 Å². The second kappa shape index (κ2) is 13.2. The first-order valence-electron chi connectivity index (χ1n) is 17.2. The lowest BCUT2D eigenvalue weighted by molar-refractivity contribution is 1.18. The molecule has 0 fully saturated rings. The Morgan fingerprint density at radius 2 is 0.843 bits per heavy atom. The van der Waals surface area contributed by atoms with Crippen molar-refractivity contribution in [2.24, 2.45) is 0 Å². The van der Waals surface area contributed by atoms with E-state index in [1.807, 2.05) is 18.2 Å². The van der Waals surface area contributed by atoms with E-state index in [0.29, 0.717) is 5.82 Å². The van der Waals surface area contributed by atoms with Crippen LogP contribution in [-0.4, -0.2) is 9.97 Å². The highest BCUT2D eigenvalue weighted by atomic mass is 15.1. The van der Waals surface area contributed by atoms with Gasteiger partial charge in [0, 0.05) is 33.5 Å². The smallest absolute Gasteiger partial charge is 0.160 e. The lowest BCUT2D eigenvalue weighted by Gasteiger charge is -2.27. The molecule has 0 saturated heterocycles. The number of fused-ring (bicyclic) bond motifs is 2. The van der Waals surface area contributed by atoms with E-state index in [0.717, 1.165) is 56.3 Å². The molecule has 0 saturated carbocycles. The molecule has 0 radical (unpaired) electrons. The zero-order valence-corrected chi connectivity index (χ0v) is 27.9. The van der Waals surface area contributed by atoms with Crippen molar-refractivity contribution in [2.75, 3.05) is 4.90 Å². The van der Waals surface area contributed by atoms with E-state index in [1.54, 1.807) is 0 Å². The van der Waals surface area contributed by atoms with Crippen LogP contribution in [0.3, 0.4) is 0 Å². The SMILES string of the molecule is c1ccc(-c2nc(-c3ccc(-c4ccc(N(c5ccccc5)c5cccc6ccccc56)cc4)cc3)cc(-c3cccc4ccccc34)n2)cc1. The topological polar surface area (TPSA) is 29.0 Å². The molecule has 3 nitrogen and oxygen atoms in total. The molecule has 0 aliphatic heterocycles. The van der Waals surface area contributed by atoms with Crippen molar-refractivity contribution in [2.45, 2.75) is 0 Å². The van der Waals surface area contributed by atoms with Crippen LogP contribution in [0, 0.1) is 0 Å². The van der Waals surface area contributed by atoms with E-state index in [1.165, 1.54) is 21.5 Å². The molecular weight excluding hydrogens is 619 g/mol. The fraction of sp³-hybridized carbons (Fsp3) is 0. The highest BCUT2D eigenvalue weighted by molar-refractivity contribution is 5.99. The minimum Gasteiger partial charge on any atom is -0.310 e. The van der Waals surface area contributed by atoms with Crippen molar-refractivity contribution in [3.05, 3.63) is 200 Å². The van der Waals surface area contributed by atoms with E-state index in [2.05, 4.69) is 187 Å². The molecule has 0 aliphatic carbocycles. The van der Waals surface area contributed by atoms with Crippen molar-refractivity contribution in [3.8, 4) is 45.0 Å². The Morgan fingerprint density at radius 1 is 0.333 bits per heavy atom. The molecular formula is C48H33N3. The molecule has 9 aromatic rings. The Hall–Kier alpha value is -6.84. The van der Waals surface area contributed by atoms with Gasteiger partial charge in [0.15, 0.2) is 5.82 Å². The third-order valence-corrected chi connectivity index (χ3v) is 9.49. The van der Waals surface area contributed by atoms with Gasteiger partial charge < -0.3 is 4.90 Å². The number of para-hydroxylation sites is 1. The Labute approximate surface area is 297 Å². The molecule has 51 heavy (non-hydrogen) atoms. The average Bonchev–Trinajstić information content (AvgIpc) is 3.22. The van der Waals surface area contributed by atoms with E-state index in [-0.39, 0.29) is 0 Å². The molecule has 240 valence electrons. The fourth-order valence-electron chi connectivity index (χ4n) is 6.94. The van der Waals surface area contributed by atoms with Crippen LogP contribution in [0.25, 0.3) is 66.6 Å². The third-order valence-electron chi connectivity index (χ3n) is 9.49. The highest BCUT2D eigenvalue weighted by Gasteiger charge is 2.16. The zero-order valence-electron chi connectivity index (χ0n) is 27.9. The van der Waals surface area contributed by atoms with Gasteiger partial charge in [-0.3, -0.25) is 0 Å². The molecule has 0 unspecified atom stereocenters. The fourth-order valence-corrected chi connectivity index (χ4v) is 6.94. The van der Waals surface area contributed by atoms with Gasteiger partial charge in [-0.25, -0.2) is 9.97 Å². The van der Waals surface area contributed by atoms with Crippen molar-refractivity contribution < 1.29 is 0 Å². The van der Waals surface area contributed by atoms with Gasteiger partial charge in [-0.2, -0.15) is 0 Å². The number of nitrogens with zero attached hydrogens (tertiary/aromatic N) is 3. The molecule has 9 rings (SSSR count). The second-order valence-corrected chi connectivity index (χ2v) is 12.6. The standard InChI is InChI=1S/C48H33N3/c1-3-15-39(16-4-1)48-49-45(33-46(50-48)44-23-11-17-36-13-7-9-21-42(36)44)38-27-25-34(26-28-38)35-29-31-41(32-30-35)51(40-19-5-2-6-20-40)47-24-12-18-37-14-8-10-22-43(37)47/h1-33H. The summed E-state index contributed by atoms with van der Waals surface area (Å²) in [6.45, 7) is 0. The number of aromatic nitrogens is 2. The Balaban J connectivity index is 1.08. The van der Waals surface area contributed by atoms with Gasteiger partial charge in [0.2, 0.25) is 0 Å². The van der Waals surface area contributed by atoms with Crippen LogP contribution in [0.5, 0.6) is 0 Å². The van der Waals surface area contributed by atoms with E-state index in [9.17, 15) is 0 Å². The molecule has 0 amide bonds. The first-order valence-corrected chi connectivity index (χ1v) is 17.2. The predicted octanol–water partition coefficient (Wildman–Crippen LogP) is 12.9. The molecule has 1 aromatic heterocycles. The first kappa shape index (κ1) is 30.2. The van der Waals surface area contributed by atoms with Gasteiger partial charge in [0.05, 0.1) is 17.1 Å². The molecule has 3 heteroatoms. The Bertz CT molecular complexity index is 2600. The Kier molecular flexibility index (Phi) is 7.84. The summed E-state index contributed by atoms with van der Waals surface area (Å²) in [5.74, 6) is 0.713. The third kappa shape index (κ3) is 5.92.